The summed E-state index contributed by atoms with van der Waals surface area (Å²) in [5.74, 6) is -0.326. The Hall–Kier alpha value is -3.06. The number of nitrogens with zero attached hydrogens (tertiary/aromatic N) is 5. The molecule has 3 rings (SSSR count). The Morgan fingerprint density at radius 3 is 2.52 bits per heavy atom. The topological polar surface area (TPSA) is 84.1 Å². The van der Waals surface area contributed by atoms with Crippen molar-refractivity contribution in [2.45, 2.75) is 13.5 Å². The van der Waals surface area contributed by atoms with Gasteiger partial charge in [0.2, 0.25) is 0 Å². The van der Waals surface area contributed by atoms with Gasteiger partial charge < -0.3 is 10.0 Å². The first-order chi connectivity index (χ1) is 12.0. The van der Waals surface area contributed by atoms with Crippen molar-refractivity contribution in [1.82, 2.24) is 25.1 Å². The Morgan fingerprint density at radius 2 is 1.88 bits per heavy atom. The number of tetrazole rings is 1. The van der Waals surface area contributed by atoms with Crippen LogP contribution in [0, 0.1) is 6.92 Å². The van der Waals surface area contributed by atoms with E-state index < -0.39 is 5.97 Å². The minimum Gasteiger partial charge on any atom is -0.478 e. The monoisotopic (exact) mass is 337 g/mol. The number of carboxylic acids is 1. The fraction of sp³-hybridized carbons (Fsp3) is 0.222. The molecule has 0 fully saturated rings. The Morgan fingerprint density at radius 1 is 1.16 bits per heavy atom. The van der Waals surface area contributed by atoms with Crippen LogP contribution >= 0.6 is 0 Å². The molecule has 7 heteroatoms. The molecule has 0 aliphatic rings. The average Bonchev–Trinajstić information content (AvgIpc) is 3.02. The van der Waals surface area contributed by atoms with Crippen molar-refractivity contribution in [3.05, 3.63) is 59.4 Å². The molecule has 0 saturated carbocycles. The van der Waals surface area contributed by atoms with Gasteiger partial charge in [0.1, 0.15) is 0 Å². The van der Waals surface area contributed by atoms with Crippen LogP contribution in [-0.4, -0.2) is 50.3 Å². The number of hydrogen-bond donors (Lipinski definition) is 1. The molecule has 3 aromatic rings. The first-order valence-electron chi connectivity index (χ1n) is 7.83. The molecule has 0 radical (unpaired) electrons. The summed E-state index contributed by atoms with van der Waals surface area (Å²) >= 11 is 0. The molecule has 1 N–H and O–H groups in total. The van der Waals surface area contributed by atoms with Crippen molar-refractivity contribution in [1.29, 1.82) is 0 Å². The van der Waals surface area contributed by atoms with Crippen LogP contribution in [0.25, 0.3) is 16.8 Å². The first kappa shape index (κ1) is 16.8. The molecule has 0 amide bonds. The lowest BCUT2D eigenvalue weighted by molar-refractivity contribution is 0.0696. The highest BCUT2D eigenvalue weighted by molar-refractivity contribution is 5.92. The van der Waals surface area contributed by atoms with Gasteiger partial charge in [-0.05, 0) is 60.3 Å². The highest BCUT2D eigenvalue weighted by Crippen LogP contribution is 2.28. The summed E-state index contributed by atoms with van der Waals surface area (Å²) in [6, 6.07) is 13.3. The summed E-state index contributed by atoms with van der Waals surface area (Å²) in [4.78, 5) is 13.7. The van der Waals surface area contributed by atoms with E-state index in [0.717, 1.165) is 11.1 Å². The summed E-state index contributed by atoms with van der Waals surface area (Å²) in [5, 5.41) is 21.5. The summed E-state index contributed by atoms with van der Waals surface area (Å²) in [5.41, 5.74) is 3.28. The molecule has 7 nitrogen and oxygen atoms in total. The number of carboxylic acid groups (broad SMARTS) is 1. The molecule has 1 aromatic heterocycles. The molecule has 0 spiro atoms. The average molecular weight is 337 g/mol. The molecule has 0 bridgehead atoms. The summed E-state index contributed by atoms with van der Waals surface area (Å²) in [6.07, 6.45) is 0. The maximum atomic E-state index is 11.7. The number of carbonyl (C=O) groups is 1. The van der Waals surface area contributed by atoms with E-state index in [9.17, 15) is 9.90 Å². The Labute approximate surface area is 145 Å². The Balaban J connectivity index is 2.21. The van der Waals surface area contributed by atoms with Crippen LogP contribution in [0.2, 0.25) is 0 Å². The van der Waals surface area contributed by atoms with Gasteiger partial charge in [-0.25, -0.2) is 4.79 Å². The highest BCUT2D eigenvalue weighted by atomic mass is 16.4. The molecule has 0 aliphatic carbocycles. The largest absolute Gasteiger partial charge is 0.478 e. The van der Waals surface area contributed by atoms with Gasteiger partial charge in [-0.2, -0.15) is 4.68 Å². The molecule has 0 saturated heterocycles. The smallest absolute Gasteiger partial charge is 0.336 e. The number of aromatic carboxylic acids is 1. The lowest BCUT2D eigenvalue weighted by Crippen LogP contribution is -2.16. The van der Waals surface area contributed by atoms with E-state index in [4.69, 9.17) is 0 Å². The molecule has 128 valence electrons. The van der Waals surface area contributed by atoms with Gasteiger partial charge in [-0.3, -0.25) is 0 Å². The van der Waals surface area contributed by atoms with Crippen molar-refractivity contribution in [2.24, 2.45) is 0 Å². The normalized spacial score (nSPS) is 11.0. The fourth-order valence-corrected chi connectivity index (χ4v) is 2.71. The van der Waals surface area contributed by atoms with Crippen molar-refractivity contribution < 1.29 is 9.90 Å². The van der Waals surface area contributed by atoms with Crippen molar-refractivity contribution in [2.75, 3.05) is 14.1 Å². The van der Waals surface area contributed by atoms with Crippen LogP contribution in [-0.2, 0) is 6.54 Å². The van der Waals surface area contributed by atoms with Crippen molar-refractivity contribution in [3.63, 3.8) is 0 Å². The minimum atomic E-state index is -0.973. The third kappa shape index (κ3) is 3.41. The van der Waals surface area contributed by atoms with E-state index in [1.54, 1.807) is 17.7 Å². The predicted molar refractivity (Wildman–Crippen MR) is 93.7 cm³/mol. The van der Waals surface area contributed by atoms with Crippen LogP contribution in [0.4, 0.5) is 0 Å². The fourth-order valence-electron chi connectivity index (χ4n) is 2.71. The van der Waals surface area contributed by atoms with Gasteiger partial charge in [0.25, 0.3) is 0 Å². The van der Waals surface area contributed by atoms with Crippen LogP contribution in [0.1, 0.15) is 21.7 Å². The number of hydrogen-bond acceptors (Lipinski definition) is 5. The molecule has 0 unspecified atom stereocenters. The van der Waals surface area contributed by atoms with E-state index in [2.05, 4.69) is 15.5 Å². The summed E-state index contributed by atoms with van der Waals surface area (Å²) < 4.78 is 1.61. The second-order valence-electron chi connectivity index (χ2n) is 6.08. The predicted octanol–water partition coefficient (Wildman–Crippen LogP) is 2.40. The third-order valence-corrected chi connectivity index (χ3v) is 3.94. The second kappa shape index (κ2) is 6.82. The van der Waals surface area contributed by atoms with Gasteiger partial charge >= 0.3 is 5.97 Å². The quantitative estimate of drug-likeness (QED) is 0.769. The third-order valence-electron chi connectivity index (χ3n) is 3.94. The van der Waals surface area contributed by atoms with Gasteiger partial charge in [0.05, 0.1) is 17.8 Å². The molecular weight excluding hydrogens is 318 g/mol. The Kier molecular flexibility index (Phi) is 4.58. The van der Waals surface area contributed by atoms with E-state index in [-0.39, 0.29) is 5.56 Å². The van der Waals surface area contributed by atoms with E-state index >= 15 is 0 Å². The first-order valence-corrected chi connectivity index (χ1v) is 7.83. The second-order valence-corrected chi connectivity index (χ2v) is 6.08. The molecule has 2 aromatic carbocycles. The van der Waals surface area contributed by atoms with Crippen LogP contribution in [0.15, 0.2) is 42.5 Å². The van der Waals surface area contributed by atoms with Gasteiger partial charge in [0.15, 0.2) is 5.82 Å². The summed E-state index contributed by atoms with van der Waals surface area (Å²) in [6.45, 7) is 2.32. The van der Waals surface area contributed by atoms with Crippen LogP contribution in [0.3, 0.4) is 0 Å². The zero-order chi connectivity index (χ0) is 18.0. The van der Waals surface area contributed by atoms with Gasteiger partial charge in [0, 0.05) is 0 Å². The number of rotatable bonds is 5. The molecular formula is C18H19N5O2. The Bertz CT molecular complexity index is 903. The van der Waals surface area contributed by atoms with Crippen molar-refractivity contribution in [3.8, 4) is 16.8 Å². The van der Waals surface area contributed by atoms with E-state index in [1.807, 2.05) is 55.4 Å². The van der Waals surface area contributed by atoms with Crippen molar-refractivity contribution >= 4 is 5.97 Å². The summed E-state index contributed by atoms with van der Waals surface area (Å²) in [7, 11) is 3.85. The van der Waals surface area contributed by atoms with Gasteiger partial charge in [-0.1, -0.05) is 30.3 Å². The minimum absolute atomic E-state index is 0.239. The number of benzene rings is 2. The highest BCUT2D eigenvalue weighted by Gasteiger charge is 2.18. The molecule has 1 heterocycles. The van der Waals surface area contributed by atoms with Gasteiger partial charge in [-0.15, -0.1) is 5.10 Å². The molecule has 0 atom stereocenters. The zero-order valence-electron chi connectivity index (χ0n) is 14.3. The molecule has 25 heavy (non-hydrogen) atoms. The maximum absolute atomic E-state index is 11.7. The van der Waals surface area contributed by atoms with Crippen LogP contribution in [0.5, 0.6) is 0 Å². The zero-order valence-corrected chi connectivity index (χ0v) is 14.3. The lowest BCUT2D eigenvalue weighted by atomic mass is 9.98. The standard InChI is InChI=1S/C18H19N5O2/c1-12-15(18(24)25)9-14(13-7-5-4-6-8-13)10-16(12)23-17(11-22(2)3)19-20-21-23/h4-10H,11H2,1-3H3,(H,24,25). The number of aromatic nitrogens is 4. The maximum Gasteiger partial charge on any atom is 0.336 e. The molecule has 0 aliphatic heterocycles. The van der Waals surface area contributed by atoms with Crippen LogP contribution < -0.4 is 0 Å². The van der Waals surface area contributed by atoms with E-state index in [0.29, 0.717) is 23.6 Å². The van der Waals surface area contributed by atoms with E-state index in [1.165, 1.54) is 0 Å². The SMILES string of the molecule is Cc1c(C(=O)O)cc(-c2ccccc2)cc1-n1nnnc1CN(C)C. The lowest BCUT2D eigenvalue weighted by Gasteiger charge is -2.15.